The topological polar surface area (TPSA) is 55.3 Å². The Bertz CT molecular complexity index is 1160. The fourth-order valence-electron chi connectivity index (χ4n) is 2.99. The highest BCUT2D eigenvalue weighted by molar-refractivity contribution is 7.22. The van der Waals surface area contributed by atoms with Crippen LogP contribution in [0.25, 0.3) is 10.2 Å². The molecule has 3 heterocycles. The summed E-state index contributed by atoms with van der Waals surface area (Å²) in [5.41, 5.74) is 2.67. The van der Waals surface area contributed by atoms with E-state index in [-0.39, 0.29) is 12.3 Å². The van der Waals surface area contributed by atoms with Gasteiger partial charge in [-0.1, -0.05) is 35.1 Å². The average molecular weight is 444 g/mol. The monoisotopic (exact) mass is 443 g/mol. The van der Waals surface area contributed by atoms with Crippen molar-refractivity contribution >= 4 is 55.5 Å². The number of thiophene rings is 1. The molecule has 148 valence electrons. The Hall–Kier alpha value is -2.48. The van der Waals surface area contributed by atoms with Crippen LogP contribution in [-0.4, -0.2) is 23.0 Å². The van der Waals surface area contributed by atoms with E-state index in [0.29, 0.717) is 21.8 Å². The van der Waals surface area contributed by atoms with Crippen molar-refractivity contribution in [3.8, 4) is 5.75 Å². The molecule has 8 heteroatoms. The van der Waals surface area contributed by atoms with Crippen LogP contribution in [0, 0.1) is 6.92 Å². The van der Waals surface area contributed by atoms with Crippen molar-refractivity contribution < 1.29 is 9.53 Å². The van der Waals surface area contributed by atoms with Gasteiger partial charge in [-0.25, -0.2) is 4.98 Å². The average Bonchev–Trinajstić information content (AvgIpc) is 3.34. The van der Waals surface area contributed by atoms with Crippen LogP contribution in [0.2, 0.25) is 4.34 Å². The number of fused-ring (bicyclic) bond motifs is 1. The van der Waals surface area contributed by atoms with Crippen molar-refractivity contribution in [1.82, 2.24) is 9.97 Å². The van der Waals surface area contributed by atoms with Crippen molar-refractivity contribution in [2.45, 2.75) is 19.9 Å². The molecule has 0 unspecified atom stereocenters. The number of methoxy groups -OCH3 is 1. The third-order valence-corrected chi connectivity index (χ3v) is 6.89. The number of nitrogens with zero attached hydrogens (tertiary/aromatic N) is 3. The number of carbonyl (C=O) groups excluding carboxylic acids is 1. The number of carbonyl (C=O) groups is 1. The lowest BCUT2D eigenvalue weighted by Gasteiger charge is -2.19. The number of anilines is 1. The Kier molecular flexibility index (Phi) is 5.80. The maximum absolute atomic E-state index is 13.2. The number of aryl methyl sites for hydroxylation is 1. The van der Waals surface area contributed by atoms with Gasteiger partial charge >= 0.3 is 0 Å². The van der Waals surface area contributed by atoms with E-state index >= 15 is 0 Å². The van der Waals surface area contributed by atoms with Crippen LogP contribution in [0.1, 0.15) is 16.1 Å². The molecule has 0 aliphatic rings. The lowest BCUT2D eigenvalue weighted by atomic mass is 10.2. The number of rotatable bonds is 6. The number of amides is 1. The number of benzene rings is 1. The summed E-state index contributed by atoms with van der Waals surface area (Å²) in [7, 11) is 1.63. The summed E-state index contributed by atoms with van der Waals surface area (Å²) in [6.07, 6.45) is 1.98. The predicted octanol–water partition coefficient (Wildman–Crippen LogP) is 5.50. The molecule has 3 aromatic heterocycles. The van der Waals surface area contributed by atoms with Gasteiger partial charge in [-0.15, -0.1) is 11.3 Å². The van der Waals surface area contributed by atoms with Crippen LogP contribution in [-0.2, 0) is 17.8 Å². The molecule has 0 aliphatic carbocycles. The van der Waals surface area contributed by atoms with E-state index in [4.69, 9.17) is 21.3 Å². The van der Waals surface area contributed by atoms with Crippen molar-refractivity contribution in [3.63, 3.8) is 0 Å². The van der Waals surface area contributed by atoms with Gasteiger partial charge in [-0.05, 0) is 42.8 Å². The Labute approximate surface area is 181 Å². The largest absolute Gasteiger partial charge is 0.494 e. The molecule has 0 saturated heterocycles. The molecule has 0 bridgehead atoms. The molecule has 0 fully saturated rings. The molecule has 0 saturated carbocycles. The zero-order valence-electron chi connectivity index (χ0n) is 15.9. The van der Waals surface area contributed by atoms with Crippen LogP contribution < -0.4 is 9.64 Å². The first-order valence-corrected chi connectivity index (χ1v) is 10.9. The molecular formula is C21H18ClN3O2S2. The Morgan fingerprint density at radius 1 is 1.17 bits per heavy atom. The van der Waals surface area contributed by atoms with Crippen LogP contribution in [0.3, 0.4) is 0 Å². The molecule has 1 amide bonds. The Morgan fingerprint density at radius 3 is 2.72 bits per heavy atom. The third-order valence-electron chi connectivity index (χ3n) is 4.44. The minimum Gasteiger partial charge on any atom is -0.494 e. The number of hydrogen-bond donors (Lipinski definition) is 0. The molecule has 0 aliphatic heterocycles. The minimum absolute atomic E-state index is 0.0511. The summed E-state index contributed by atoms with van der Waals surface area (Å²) in [6, 6.07) is 13.3. The fraction of sp³-hybridized carbons (Fsp3) is 0.190. The number of aromatic nitrogens is 2. The summed E-state index contributed by atoms with van der Waals surface area (Å²) < 4.78 is 7.15. The van der Waals surface area contributed by atoms with Gasteiger partial charge in [0.05, 0.1) is 34.8 Å². The number of hydrogen-bond acceptors (Lipinski definition) is 6. The smallest absolute Gasteiger partial charge is 0.234 e. The molecule has 5 nitrogen and oxygen atoms in total. The molecule has 0 atom stereocenters. The van der Waals surface area contributed by atoms with Gasteiger partial charge in [0.25, 0.3) is 0 Å². The third kappa shape index (κ3) is 4.27. The summed E-state index contributed by atoms with van der Waals surface area (Å²) in [6.45, 7) is 2.38. The molecule has 1 aromatic carbocycles. The SMILES string of the molecule is COc1ccc(C)c2sc(N(Cc3ccccn3)C(=O)Cc3ccc(Cl)s3)nc12. The van der Waals surface area contributed by atoms with E-state index < -0.39 is 0 Å². The first-order valence-electron chi connectivity index (χ1n) is 8.94. The quantitative estimate of drug-likeness (QED) is 0.395. The summed E-state index contributed by atoms with van der Waals surface area (Å²) >= 11 is 8.94. The Balaban J connectivity index is 1.74. The second-order valence-electron chi connectivity index (χ2n) is 6.44. The predicted molar refractivity (Wildman–Crippen MR) is 119 cm³/mol. The summed E-state index contributed by atoms with van der Waals surface area (Å²) in [5, 5.41) is 0.630. The highest BCUT2D eigenvalue weighted by Gasteiger charge is 2.23. The van der Waals surface area contributed by atoms with Gasteiger partial charge in [0, 0.05) is 11.1 Å². The van der Waals surface area contributed by atoms with Gasteiger partial charge in [0.15, 0.2) is 5.13 Å². The van der Waals surface area contributed by atoms with Crippen LogP contribution in [0.15, 0.2) is 48.7 Å². The molecule has 4 aromatic rings. The first kappa shape index (κ1) is 19.8. The summed E-state index contributed by atoms with van der Waals surface area (Å²) in [4.78, 5) is 25.0. The lowest BCUT2D eigenvalue weighted by molar-refractivity contribution is -0.118. The van der Waals surface area contributed by atoms with E-state index in [1.165, 1.54) is 22.7 Å². The van der Waals surface area contributed by atoms with E-state index in [1.54, 1.807) is 18.2 Å². The minimum atomic E-state index is -0.0511. The number of halogens is 1. The Morgan fingerprint density at radius 2 is 2.03 bits per heavy atom. The molecule has 0 N–H and O–H groups in total. The zero-order valence-corrected chi connectivity index (χ0v) is 18.3. The van der Waals surface area contributed by atoms with E-state index in [0.717, 1.165) is 26.4 Å². The van der Waals surface area contributed by atoms with Crippen molar-refractivity contribution in [2.75, 3.05) is 12.0 Å². The van der Waals surface area contributed by atoms with Gasteiger partial charge < -0.3 is 4.74 Å². The van der Waals surface area contributed by atoms with Crippen LogP contribution in [0.5, 0.6) is 5.75 Å². The zero-order chi connectivity index (χ0) is 20.4. The number of thiazole rings is 1. The fourth-order valence-corrected chi connectivity index (χ4v) is 5.13. The normalized spacial score (nSPS) is 11.0. The lowest BCUT2D eigenvalue weighted by Crippen LogP contribution is -2.31. The second kappa shape index (κ2) is 8.49. The summed E-state index contributed by atoms with van der Waals surface area (Å²) in [5.74, 6) is 0.646. The maximum Gasteiger partial charge on any atom is 0.234 e. The van der Waals surface area contributed by atoms with E-state index in [2.05, 4.69) is 4.98 Å². The molecular weight excluding hydrogens is 426 g/mol. The van der Waals surface area contributed by atoms with Gasteiger partial charge in [0.1, 0.15) is 11.3 Å². The molecule has 0 spiro atoms. The maximum atomic E-state index is 13.2. The highest BCUT2D eigenvalue weighted by atomic mass is 35.5. The van der Waals surface area contributed by atoms with Gasteiger partial charge in [-0.2, -0.15) is 0 Å². The van der Waals surface area contributed by atoms with Crippen LogP contribution in [0.4, 0.5) is 5.13 Å². The van der Waals surface area contributed by atoms with Gasteiger partial charge in [0.2, 0.25) is 5.91 Å². The second-order valence-corrected chi connectivity index (χ2v) is 9.22. The van der Waals surface area contributed by atoms with E-state index in [1.807, 2.05) is 49.4 Å². The molecule has 0 radical (unpaired) electrons. The first-order chi connectivity index (χ1) is 14.0. The van der Waals surface area contributed by atoms with Gasteiger partial charge in [-0.3, -0.25) is 14.7 Å². The number of pyridine rings is 1. The number of ether oxygens (including phenoxy) is 1. The highest BCUT2D eigenvalue weighted by Crippen LogP contribution is 2.37. The van der Waals surface area contributed by atoms with Crippen molar-refractivity contribution in [2.24, 2.45) is 0 Å². The van der Waals surface area contributed by atoms with Crippen LogP contribution >= 0.6 is 34.3 Å². The standard InChI is InChI=1S/C21H18ClN3O2S2/c1-13-6-8-16(27-2)19-20(13)29-21(24-19)25(12-14-5-3-4-10-23-14)18(26)11-15-7-9-17(22)28-15/h3-10H,11-12H2,1-2H3. The van der Waals surface area contributed by atoms with Crippen molar-refractivity contribution in [3.05, 3.63) is 69.1 Å². The van der Waals surface area contributed by atoms with E-state index in [9.17, 15) is 4.79 Å². The molecule has 29 heavy (non-hydrogen) atoms. The molecule has 4 rings (SSSR count). The van der Waals surface area contributed by atoms with Crippen molar-refractivity contribution in [1.29, 1.82) is 0 Å².